The van der Waals surface area contributed by atoms with Crippen LogP contribution in [-0.2, 0) is 4.79 Å². The van der Waals surface area contributed by atoms with Crippen molar-refractivity contribution in [1.82, 2.24) is 15.3 Å². The highest BCUT2D eigenvalue weighted by molar-refractivity contribution is 6.53. The zero-order valence-corrected chi connectivity index (χ0v) is 12.7. The molecule has 1 aromatic heterocycles. The maximum absolute atomic E-state index is 12.2. The fourth-order valence-electron chi connectivity index (χ4n) is 2.25. The van der Waals surface area contributed by atoms with Gasteiger partial charge in [0.15, 0.2) is 0 Å². The predicted molar refractivity (Wildman–Crippen MR) is 79.8 cm³/mol. The van der Waals surface area contributed by atoms with Crippen molar-refractivity contribution in [3.63, 3.8) is 0 Å². The molecule has 0 aliphatic heterocycles. The molecule has 2 aromatic rings. The maximum Gasteiger partial charge on any atom is 0.229 e. The first-order chi connectivity index (χ1) is 9.33. The van der Waals surface area contributed by atoms with Crippen LogP contribution >= 0.6 is 23.2 Å². The summed E-state index contributed by atoms with van der Waals surface area (Å²) in [7, 11) is 0. The fraction of sp³-hybridized carbons (Fsp3) is 0.429. The number of amides is 1. The number of hydrogen-bond acceptors (Lipinski definition) is 2. The fourth-order valence-corrected chi connectivity index (χ4v) is 2.95. The van der Waals surface area contributed by atoms with Gasteiger partial charge in [-0.1, -0.05) is 12.1 Å². The molecule has 1 aliphatic rings. The molecule has 1 aromatic carbocycles. The maximum atomic E-state index is 12.2. The van der Waals surface area contributed by atoms with Crippen molar-refractivity contribution < 1.29 is 4.79 Å². The van der Waals surface area contributed by atoms with Crippen LogP contribution in [0, 0.1) is 5.41 Å². The highest BCUT2D eigenvalue weighted by atomic mass is 35.5. The van der Waals surface area contributed by atoms with Gasteiger partial charge in [-0.15, -0.1) is 23.2 Å². The lowest BCUT2D eigenvalue weighted by atomic mass is 10.1. The third-order valence-electron chi connectivity index (χ3n) is 3.92. The minimum absolute atomic E-state index is 0.143. The van der Waals surface area contributed by atoms with Crippen molar-refractivity contribution in [2.45, 2.75) is 30.6 Å². The minimum atomic E-state index is -0.954. The SMILES string of the molecule is C[C@@H](NC(=O)[C@@]1(C)CC1(Cl)Cl)c1nc2ccccc2[nH]1. The standard InChI is InChI=1S/C14H15Cl2N3O/c1-8(17-12(20)13(2)7-14(13,15)16)11-18-9-5-3-4-6-10(9)19-11/h3-6,8H,7H2,1-2H3,(H,17,20)(H,18,19)/t8-,13-/m1/s1. The van der Waals surface area contributed by atoms with Crippen molar-refractivity contribution in [3.05, 3.63) is 30.1 Å². The van der Waals surface area contributed by atoms with Gasteiger partial charge in [0, 0.05) is 0 Å². The summed E-state index contributed by atoms with van der Waals surface area (Å²) in [5.41, 5.74) is 1.12. The van der Waals surface area contributed by atoms with Crippen molar-refractivity contribution in [2.75, 3.05) is 0 Å². The normalized spacial score (nSPS) is 25.4. The summed E-state index contributed by atoms with van der Waals surface area (Å²) in [4.78, 5) is 19.9. The molecular formula is C14H15Cl2N3O. The van der Waals surface area contributed by atoms with Crippen LogP contribution in [0.3, 0.4) is 0 Å². The Morgan fingerprint density at radius 3 is 2.70 bits per heavy atom. The summed E-state index contributed by atoms with van der Waals surface area (Å²) in [5, 5.41) is 2.91. The highest BCUT2D eigenvalue weighted by Gasteiger charge is 2.68. The van der Waals surface area contributed by atoms with Crippen LogP contribution in [-0.4, -0.2) is 20.2 Å². The second-order valence-corrected chi connectivity index (χ2v) is 7.03. The summed E-state index contributed by atoms with van der Waals surface area (Å²) in [5.74, 6) is 0.578. The number of imidazole rings is 1. The Kier molecular flexibility index (Phi) is 2.99. The number of aromatic nitrogens is 2. The minimum Gasteiger partial charge on any atom is -0.346 e. The van der Waals surface area contributed by atoms with Crippen LogP contribution in [0.2, 0.25) is 0 Å². The molecule has 0 spiro atoms. The molecule has 6 heteroatoms. The van der Waals surface area contributed by atoms with Crippen molar-refractivity contribution >= 4 is 40.1 Å². The van der Waals surface area contributed by atoms with E-state index in [4.69, 9.17) is 23.2 Å². The number of hydrogen-bond donors (Lipinski definition) is 2. The molecule has 3 rings (SSSR count). The lowest BCUT2D eigenvalue weighted by Crippen LogP contribution is -2.35. The first kappa shape index (κ1) is 13.7. The number of halogens is 2. The van der Waals surface area contributed by atoms with E-state index in [1.165, 1.54) is 0 Å². The Balaban J connectivity index is 1.76. The lowest BCUT2D eigenvalue weighted by molar-refractivity contribution is -0.126. The number of nitrogens with zero attached hydrogens (tertiary/aromatic N) is 1. The molecule has 0 saturated heterocycles. The molecule has 106 valence electrons. The molecule has 1 heterocycles. The average molecular weight is 312 g/mol. The average Bonchev–Trinajstić information content (AvgIpc) is 2.76. The Bertz CT molecular complexity index is 649. The van der Waals surface area contributed by atoms with E-state index < -0.39 is 9.75 Å². The number of H-pyrrole nitrogens is 1. The van der Waals surface area contributed by atoms with E-state index in [2.05, 4.69) is 15.3 Å². The highest BCUT2D eigenvalue weighted by Crippen LogP contribution is 2.63. The number of fused-ring (bicyclic) bond motifs is 1. The summed E-state index contributed by atoms with van der Waals surface area (Å²) < 4.78 is -0.954. The largest absolute Gasteiger partial charge is 0.346 e. The molecule has 0 radical (unpaired) electrons. The number of aromatic amines is 1. The van der Waals surface area contributed by atoms with Crippen LogP contribution in [0.25, 0.3) is 11.0 Å². The molecule has 1 aliphatic carbocycles. The quantitative estimate of drug-likeness (QED) is 0.854. The van der Waals surface area contributed by atoms with Crippen LogP contribution < -0.4 is 5.32 Å². The van der Waals surface area contributed by atoms with Gasteiger partial charge in [0.25, 0.3) is 0 Å². The summed E-state index contributed by atoms with van der Waals surface area (Å²) >= 11 is 12.0. The van der Waals surface area contributed by atoms with Crippen LogP contribution in [0.1, 0.15) is 32.1 Å². The smallest absolute Gasteiger partial charge is 0.229 e. The predicted octanol–water partition coefficient (Wildman–Crippen LogP) is 3.32. The number of carbonyl (C=O) groups excluding carboxylic acids is 1. The van der Waals surface area contributed by atoms with Crippen LogP contribution in [0.15, 0.2) is 24.3 Å². The van der Waals surface area contributed by atoms with Gasteiger partial charge in [-0.25, -0.2) is 4.98 Å². The van der Waals surface area contributed by atoms with Crippen molar-refractivity contribution in [1.29, 1.82) is 0 Å². The second kappa shape index (κ2) is 4.37. The Labute approximate surface area is 126 Å². The molecule has 1 saturated carbocycles. The number of rotatable bonds is 3. The topological polar surface area (TPSA) is 57.8 Å². The number of alkyl halides is 2. The van der Waals surface area contributed by atoms with Gasteiger partial charge in [-0.2, -0.15) is 0 Å². The molecule has 2 N–H and O–H groups in total. The van der Waals surface area contributed by atoms with Gasteiger partial charge in [0.1, 0.15) is 10.2 Å². The van der Waals surface area contributed by atoms with Crippen molar-refractivity contribution in [3.8, 4) is 0 Å². The van der Waals surface area contributed by atoms with E-state index in [0.29, 0.717) is 6.42 Å². The first-order valence-corrected chi connectivity index (χ1v) is 7.22. The van der Waals surface area contributed by atoms with Gasteiger partial charge in [0.2, 0.25) is 5.91 Å². The summed E-state index contributed by atoms with van der Waals surface area (Å²) in [6.45, 7) is 3.65. The Morgan fingerprint density at radius 2 is 2.10 bits per heavy atom. The summed E-state index contributed by atoms with van der Waals surface area (Å²) in [6, 6.07) is 7.52. The monoisotopic (exact) mass is 311 g/mol. The van der Waals surface area contributed by atoms with Crippen LogP contribution in [0.5, 0.6) is 0 Å². The van der Waals surface area contributed by atoms with E-state index in [9.17, 15) is 4.79 Å². The zero-order chi connectivity index (χ0) is 14.5. The van der Waals surface area contributed by atoms with Gasteiger partial charge in [-0.05, 0) is 32.4 Å². The van der Waals surface area contributed by atoms with E-state index in [0.717, 1.165) is 16.9 Å². The van der Waals surface area contributed by atoms with Gasteiger partial charge < -0.3 is 10.3 Å². The zero-order valence-electron chi connectivity index (χ0n) is 11.2. The van der Waals surface area contributed by atoms with Crippen LogP contribution in [0.4, 0.5) is 0 Å². The van der Waals surface area contributed by atoms with Gasteiger partial charge in [-0.3, -0.25) is 4.79 Å². The molecule has 0 bridgehead atoms. The number of benzene rings is 1. The molecule has 20 heavy (non-hydrogen) atoms. The van der Waals surface area contributed by atoms with E-state index >= 15 is 0 Å². The summed E-state index contributed by atoms with van der Waals surface area (Å²) in [6.07, 6.45) is 0.474. The number of para-hydroxylation sites is 2. The first-order valence-electron chi connectivity index (χ1n) is 6.47. The molecule has 1 amide bonds. The third kappa shape index (κ3) is 2.07. The Morgan fingerprint density at radius 1 is 1.45 bits per heavy atom. The molecule has 2 atom stereocenters. The van der Waals surface area contributed by atoms with E-state index in [1.807, 2.05) is 31.2 Å². The number of nitrogens with one attached hydrogen (secondary N) is 2. The molecule has 1 fully saturated rings. The molecule has 0 unspecified atom stereocenters. The second-order valence-electron chi connectivity index (χ2n) is 5.55. The molecule has 4 nitrogen and oxygen atoms in total. The number of carbonyl (C=O) groups is 1. The molecular weight excluding hydrogens is 297 g/mol. The van der Waals surface area contributed by atoms with Crippen molar-refractivity contribution in [2.24, 2.45) is 5.41 Å². The van der Waals surface area contributed by atoms with Gasteiger partial charge in [0.05, 0.1) is 22.5 Å². The van der Waals surface area contributed by atoms with Gasteiger partial charge >= 0.3 is 0 Å². The Hall–Kier alpha value is -1.26. The van der Waals surface area contributed by atoms with E-state index in [-0.39, 0.29) is 11.9 Å². The van der Waals surface area contributed by atoms with E-state index in [1.54, 1.807) is 6.92 Å². The lowest BCUT2D eigenvalue weighted by Gasteiger charge is -2.16. The third-order valence-corrected chi connectivity index (χ3v) is 5.03.